The minimum absolute atomic E-state index is 0.0672. The fourth-order valence-electron chi connectivity index (χ4n) is 2.38. The molecule has 0 atom stereocenters. The van der Waals surface area contributed by atoms with Gasteiger partial charge in [0.25, 0.3) is 0 Å². The third-order valence-corrected chi connectivity index (χ3v) is 3.40. The molecule has 0 saturated heterocycles. The lowest BCUT2D eigenvalue weighted by Crippen LogP contribution is -2.13. The molecule has 0 N–H and O–H groups in total. The molecule has 0 amide bonds. The van der Waals surface area contributed by atoms with Gasteiger partial charge in [0.15, 0.2) is 5.43 Å². The van der Waals surface area contributed by atoms with Gasteiger partial charge in [-0.15, -0.1) is 0 Å². The molecule has 2 heteroatoms. The maximum Gasteiger partial charge on any atom is 0.182 e. The van der Waals surface area contributed by atoms with Crippen molar-refractivity contribution in [3.05, 3.63) is 63.6 Å². The Kier molecular flexibility index (Phi) is 3.36. The van der Waals surface area contributed by atoms with Gasteiger partial charge in [0.05, 0.1) is 0 Å². The molecule has 0 unspecified atom stereocenters. The molecule has 19 heavy (non-hydrogen) atoms. The van der Waals surface area contributed by atoms with Crippen LogP contribution in [0.3, 0.4) is 0 Å². The van der Waals surface area contributed by atoms with E-state index in [4.69, 9.17) is 0 Å². The van der Waals surface area contributed by atoms with Crippen molar-refractivity contribution in [2.24, 2.45) is 0 Å². The van der Waals surface area contributed by atoms with Crippen molar-refractivity contribution in [3.63, 3.8) is 0 Å². The molecule has 1 aromatic heterocycles. The number of benzene rings is 1. The highest BCUT2D eigenvalue weighted by Crippen LogP contribution is 2.23. The first-order chi connectivity index (χ1) is 8.79. The minimum atomic E-state index is 0.0672. The predicted molar refractivity (Wildman–Crippen MR) is 80.2 cm³/mol. The van der Waals surface area contributed by atoms with Crippen molar-refractivity contribution in [1.29, 1.82) is 0 Å². The molecule has 2 rings (SSSR count). The van der Waals surface area contributed by atoms with Gasteiger partial charge >= 0.3 is 0 Å². The van der Waals surface area contributed by atoms with Crippen molar-refractivity contribution in [1.82, 2.24) is 4.57 Å². The maximum atomic E-state index is 11.5. The van der Waals surface area contributed by atoms with E-state index in [0.29, 0.717) is 0 Å². The van der Waals surface area contributed by atoms with Crippen LogP contribution >= 0.6 is 0 Å². The fourth-order valence-corrected chi connectivity index (χ4v) is 2.38. The zero-order chi connectivity index (χ0) is 14.2. The summed E-state index contributed by atoms with van der Waals surface area (Å²) < 4.78 is 2.10. The number of rotatable bonds is 1. The van der Waals surface area contributed by atoms with Crippen LogP contribution in [0, 0.1) is 13.8 Å². The van der Waals surface area contributed by atoms with Crippen LogP contribution in [0.1, 0.15) is 37.7 Å². The zero-order valence-electron chi connectivity index (χ0n) is 12.3. The van der Waals surface area contributed by atoms with Crippen LogP contribution < -0.4 is 5.43 Å². The largest absolute Gasteiger partial charge is 0.318 e. The van der Waals surface area contributed by atoms with E-state index in [-0.39, 0.29) is 10.8 Å². The number of hydrogen-bond donors (Lipinski definition) is 0. The van der Waals surface area contributed by atoms with E-state index in [2.05, 4.69) is 49.6 Å². The maximum absolute atomic E-state index is 11.5. The molecule has 0 aliphatic carbocycles. The summed E-state index contributed by atoms with van der Waals surface area (Å²) in [6, 6.07) is 11.9. The normalized spacial score (nSPS) is 11.6. The second kappa shape index (κ2) is 4.69. The molecular formula is C17H21NO. The van der Waals surface area contributed by atoms with E-state index in [0.717, 1.165) is 17.1 Å². The Bertz CT molecular complexity index is 616. The molecule has 2 nitrogen and oxygen atoms in total. The lowest BCUT2D eigenvalue weighted by Gasteiger charge is -2.20. The van der Waals surface area contributed by atoms with Gasteiger partial charge in [0, 0.05) is 29.2 Å². The van der Waals surface area contributed by atoms with E-state index in [1.165, 1.54) is 5.56 Å². The molecule has 1 aromatic carbocycles. The molecular weight excluding hydrogens is 234 g/mol. The van der Waals surface area contributed by atoms with E-state index in [1.807, 2.05) is 13.8 Å². The third kappa shape index (κ3) is 2.78. The summed E-state index contributed by atoms with van der Waals surface area (Å²) in [4.78, 5) is 11.5. The van der Waals surface area contributed by atoms with Gasteiger partial charge in [-0.2, -0.15) is 0 Å². The number of aryl methyl sites for hydroxylation is 2. The molecule has 0 aliphatic rings. The van der Waals surface area contributed by atoms with Crippen LogP contribution in [0.2, 0.25) is 0 Å². The fraction of sp³-hybridized carbons (Fsp3) is 0.353. The highest BCUT2D eigenvalue weighted by Gasteiger charge is 2.13. The zero-order valence-corrected chi connectivity index (χ0v) is 12.3. The Morgan fingerprint density at radius 2 is 1.37 bits per heavy atom. The Hall–Kier alpha value is -1.83. The summed E-state index contributed by atoms with van der Waals surface area (Å²) in [7, 11) is 0. The van der Waals surface area contributed by atoms with E-state index < -0.39 is 0 Å². The van der Waals surface area contributed by atoms with Crippen molar-refractivity contribution in [2.75, 3.05) is 0 Å². The summed E-state index contributed by atoms with van der Waals surface area (Å²) in [5.41, 5.74) is 4.57. The Morgan fingerprint density at radius 3 is 1.79 bits per heavy atom. The first kappa shape index (κ1) is 13.6. The molecule has 100 valence electrons. The van der Waals surface area contributed by atoms with Gasteiger partial charge in [-0.1, -0.05) is 32.9 Å². The molecule has 1 heterocycles. The van der Waals surface area contributed by atoms with Crippen LogP contribution in [0.4, 0.5) is 0 Å². The molecule has 0 radical (unpaired) electrons. The Morgan fingerprint density at radius 1 is 0.895 bits per heavy atom. The average Bonchev–Trinajstić information content (AvgIpc) is 2.27. The molecule has 0 aliphatic heterocycles. The average molecular weight is 255 g/mol. The van der Waals surface area contributed by atoms with Gasteiger partial charge < -0.3 is 4.57 Å². The van der Waals surface area contributed by atoms with E-state index in [9.17, 15) is 4.79 Å². The summed E-state index contributed by atoms with van der Waals surface area (Å²) in [6.07, 6.45) is 0. The molecule has 0 saturated carbocycles. The quantitative estimate of drug-likeness (QED) is 0.760. The summed E-state index contributed by atoms with van der Waals surface area (Å²) in [5, 5.41) is 0. The number of hydrogen-bond acceptors (Lipinski definition) is 1. The summed E-state index contributed by atoms with van der Waals surface area (Å²) in [5.74, 6) is 0. The van der Waals surface area contributed by atoms with Crippen molar-refractivity contribution < 1.29 is 0 Å². The monoisotopic (exact) mass is 255 g/mol. The SMILES string of the molecule is Cc1cc(=O)cc(C)n1-c1ccc(C(C)(C)C)cc1. The second-order valence-electron chi connectivity index (χ2n) is 6.11. The molecule has 0 bridgehead atoms. The van der Waals surface area contributed by atoms with Crippen molar-refractivity contribution >= 4 is 0 Å². The lowest BCUT2D eigenvalue weighted by atomic mass is 9.87. The molecule has 0 spiro atoms. The molecule has 0 fully saturated rings. The topological polar surface area (TPSA) is 22.0 Å². The van der Waals surface area contributed by atoms with Gasteiger partial charge in [0.1, 0.15) is 0 Å². The van der Waals surface area contributed by atoms with Gasteiger partial charge in [-0.05, 0) is 37.0 Å². The van der Waals surface area contributed by atoms with Crippen LogP contribution in [0.5, 0.6) is 0 Å². The van der Waals surface area contributed by atoms with Crippen LogP contribution in [0.25, 0.3) is 5.69 Å². The van der Waals surface area contributed by atoms with Gasteiger partial charge in [-0.3, -0.25) is 4.79 Å². The van der Waals surface area contributed by atoms with E-state index >= 15 is 0 Å². The summed E-state index contributed by atoms with van der Waals surface area (Å²) >= 11 is 0. The van der Waals surface area contributed by atoms with Gasteiger partial charge in [-0.25, -0.2) is 0 Å². The first-order valence-electron chi connectivity index (χ1n) is 6.60. The van der Waals surface area contributed by atoms with Crippen LogP contribution in [-0.2, 0) is 5.41 Å². The highest BCUT2D eigenvalue weighted by atomic mass is 16.1. The molecule has 2 aromatic rings. The van der Waals surface area contributed by atoms with Gasteiger partial charge in [0.2, 0.25) is 0 Å². The third-order valence-electron chi connectivity index (χ3n) is 3.40. The number of nitrogens with zero attached hydrogens (tertiary/aromatic N) is 1. The standard InChI is InChI=1S/C17H21NO/c1-12-10-16(19)11-13(2)18(12)15-8-6-14(7-9-15)17(3,4)5/h6-11H,1-5H3. The second-order valence-corrected chi connectivity index (χ2v) is 6.11. The Labute approximate surface area is 114 Å². The lowest BCUT2D eigenvalue weighted by molar-refractivity contribution is 0.590. The Balaban J connectivity index is 2.52. The predicted octanol–water partition coefficient (Wildman–Crippen LogP) is 3.75. The van der Waals surface area contributed by atoms with Crippen molar-refractivity contribution in [3.8, 4) is 5.69 Å². The first-order valence-corrected chi connectivity index (χ1v) is 6.60. The highest BCUT2D eigenvalue weighted by molar-refractivity contribution is 5.40. The smallest absolute Gasteiger partial charge is 0.182 e. The number of aromatic nitrogens is 1. The van der Waals surface area contributed by atoms with Crippen LogP contribution in [0.15, 0.2) is 41.2 Å². The van der Waals surface area contributed by atoms with Crippen LogP contribution in [-0.4, -0.2) is 4.57 Å². The summed E-state index contributed by atoms with van der Waals surface area (Å²) in [6.45, 7) is 10.5. The van der Waals surface area contributed by atoms with E-state index in [1.54, 1.807) is 12.1 Å². The van der Waals surface area contributed by atoms with Crippen molar-refractivity contribution in [2.45, 2.75) is 40.0 Å². The minimum Gasteiger partial charge on any atom is -0.318 e. The number of pyridine rings is 1.